The van der Waals surface area contributed by atoms with Crippen molar-refractivity contribution in [1.82, 2.24) is 4.72 Å². The van der Waals surface area contributed by atoms with Crippen LogP contribution in [0.1, 0.15) is 16.8 Å². The van der Waals surface area contributed by atoms with Crippen molar-refractivity contribution in [2.24, 2.45) is 0 Å². The maximum atomic E-state index is 12.3. The van der Waals surface area contributed by atoms with E-state index in [9.17, 15) is 26.4 Å². The van der Waals surface area contributed by atoms with Gasteiger partial charge in [0.2, 0.25) is 10.0 Å². The number of hydrogen-bond donors (Lipinski definition) is 2. The average Bonchev–Trinajstić information content (AvgIpc) is 2.61. The molecule has 28 heavy (non-hydrogen) atoms. The van der Waals surface area contributed by atoms with E-state index in [1.54, 1.807) is 6.07 Å². The van der Waals surface area contributed by atoms with Crippen LogP contribution in [0, 0.1) is 11.3 Å². The molecule has 0 aliphatic carbocycles. The van der Waals surface area contributed by atoms with Crippen molar-refractivity contribution in [3.05, 3.63) is 54.1 Å². The number of nitrogens with zero attached hydrogens (tertiary/aromatic N) is 1. The number of hydrogen-bond acceptors (Lipinski definition) is 5. The Morgan fingerprint density at radius 3 is 2.54 bits per heavy atom. The van der Waals surface area contributed by atoms with E-state index in [0.717, 1.165) is 18.2 Å². The Morgan fingerprint density at radius 2 is 1.86 bits per heavy atom. The van der Waals surface area contributed by atoms with E-state index in [0.29, 0.717) is 0 Å². The molecule has 0 aliphatic heterocycles. The molecule has 0 atom stereocenters. The Morgan fingerprint density at radius 1 is 1.14 bits per heavy atom. The molecule has 2 rings (SSSR count). The molecule has 1 amide bonds. The minimum atomic E-state index is -4.87. The topological polar surface area (TPSA) is 108 Å². The van der Waals surface area contributed by atoms with Crippen LogP contribution in [0.15, 0.2) is 53.4 Å². The number of carbonyl (C=O) groups is 1. The first kappa shape index (κ1) is 21.2. The number of rotatable bonds is 7. The third-order valence-corrected chi connectivity index (χ3v) is 4.72. The van der Waals surface area contributed by atoms with Gasteiger partial charge in [0.05, 0.1) is 11.0 Å². The molecule has 0 saturated heterocycles. The van der Waals surface area contributed by atoms with Crippen molar-refractivity contribution in [3.8, 4) is 11.8 Å². The molecule has 0 aliphatic rings. The normalized spacial score (nSPS) is 11.5. The second kappa shape index (κ2) is 8.73. The molecule has 7 nitrogen and oxygen atoms in total. The van der Waals surface area contributed by atoms with Crippen LogP contribution in [0.5, 0.6) is 5.75 Å². The summed E-state index contributed by atoms with van der Waals surface area (Å²) in [4.78, 5) is 12.1. The number of ether oxygens (including phenoxy) is 1. The van der Waals surface area contributed by atoms with Gasteiger partial charge in [-0.3, -0.25) is 4.79 Å². The Hall–Kier alpha value is -3.10. The Kier molecular flexibility index (Phi) is 6.61. The summed E-state index contributed by atoms with van der Waals surface area (Å²) in [5.74, 6) is -1.23. The van der Waals surface area contributed by atoms with Crippen LogP contribution in [-0.4, -0.2) is 27.2 Å². The van der Waals surface area contributed by atoms with E-state index in [1.165, 1.54) is 30.3 Å². The van der Waals surface area contributed by atoms with E-state index in [2.05, 4.69) is 14.8 Å². The lowest BCUT2D eigenvalue weighted by molar-refractivity contribution is -0.274. The molecular formula is C17H14F3N3O4S. The highest BCUT2D eigenvalue weighted by Crippen LogP contribution is 2.25. The first-order chi connectivity index (χ1) is 13.1. The highest BCUT2D eigenvalue weighted by Gasteiger charge is 2.31. The van der Waals surface area contributed by atoms with Crippen molar-refractivity contribution < 1.29 is 31.1 Å². The predicted molar refractivity (Wildman–Crippen MR) is 92.9 cm³/mol. The van der Waals surface area contributed by atoms with Gasteiger partial charge in [0.25, 0.3) is 5.91 Å². The largest absolute Gasteiger partial charge is 0.573 e. The lowest BCUT2D eigenvalue weighted by Crippen LogP contribution is -2.25. The zero-order valence-corrected chi connectivity index (χ0v) is 15.0. The number of nitrogens with one attached hydrogen (secondary N) is 2. The summed E-state index contributed by atoms with van der Waals surface area (Å²) in [6.07, 6.45) is -4.89. The van der Waals surface area contributed by atoms with Crippen LogP contribution in [0.3, 0.4) is 0 Å². The van der Waals surface area contributed by atoms with Crippen LogP contribution < -0.4 is 14.8 Å². The number of anilines is 1. The number of benzene rings is 2. The van der Waals surface area contributed by atoms with Gasteiger partial charge in [0.1, 0.15) is 5.75 Å². The van der Waals surface area contributed by atoms with Crippen molar-refractivity contribution in [2.75, 3.05) is 11.9 Å². The Bertz CT molecular complexity index is 1000. The van der Waals surface area contributed by atoms with Gasteiger partial charge >= 0.3 is 6.36 Å². The average molecular weight is 413 g/mol. The van der Waals surface area contributed by atoms with E-state index < -0.39 is 28.0 Å². The molecule has 0 saturated carbocycles. The summed E-state index contributed by atoms with van der Waals surface area (Å²) in [7, 11) is -3.91. The molecule has 0 unspecified atom stereocenters. The quantitative estimate of drug-likeness (QED) is 0.679. The van der Waals surface area contributed by atoms with Crippen molar-refractivity contribution >= 4 is 21.6 Å². The Balaban J connectivity index is 2.16. The van der Waals surface area contributed by atoms with Gasteiger partial charge in [0.15, 0.2) is 0 Å². The van der Waals surface area contributed by atoms with Gasteiger partial charge in [-0.25, -0.2) is 13.1 Å². The van der Waals surface area contributed by atoms with E-state index in [1.807, 2.05) is 0 Å². The summed E-state index contributed by atoms with van der Waals surface area (Å²) in [6.45, 7) is -0.0821. The standard InChI is InChI=1S/C17H14F3N3O4S/c18-17(19,20)27-14-6-2-5-13(11-14)23-16(24)12-4-1-7-15(10-12)28(25,26)22-9-3-8-21/h1-2,4-7,10-11,22H,3,9H2,(H,23,24). The summed E-state index contributed by atoms with van der Waals surface area (Å²) >= 11 is 0. The van der Waals surface area contributed by atoms with Gasteiger partial charge < -0.3 is 10.1 Å². The second-order valence-corrected chi connectivity index (χ2v) is 7.13. The van der Waals surface area contributed by atoms with Crippen LogP contribution in [0.25, 0.3) is 0 Å². The van der Waals surface area contributed by atoms with Crippen molar-refractivity contribution in [3.63, 3.8) is 0 Å². The van der Waals surface area contributed by atoms with Gasteiger partial charge in [-0.2, -0.15) is 5.26 Å². The van der Waals surface area contributed by atoms with Gasteiger partial charge in [-0.15, -0.1) is 13.2 Å². The molecule has 2 aromatic carbocycles. The van der Waals surface area contributed by atoms with Crippen LogP contribution in [0.4, 0.5) is 18.9 Å². The van der Waals surface area contributed by atoms with Gasteiger partial charge in [-0.1, -0.05) is 12.1 Å². The first-order valence-electron chi connectivity index (χ1n) is 7.74. The molecule has 11 heteroatoms. The first-order valence-corrected chi connectivity index (χ1v) is 9.23. The summed E-state index contributed by atoms with van der Waals surface area (Å²) < 4.78 is 67.1. The third kappa shape index (κ3) is 6.26. The molecular weight excluding hydrogens is 399 g/mol. The molecule has 0 bridgehead atoms. The number of nitriles is 1. The Labute approximate surface area is 158 Å². The molecule has 0 radical (unpaired) electrons. The van der Waals surface area contributed by atoms with Crippen LogP contribution in [-0.2, 0) is 10.0 Å². The van der Waals surface area contributed by atoms with Gasteiger partial charge in [0, 0.05) is 30.3 Å². The zero-order chi connectivity index (χ0) is 20.8. The minimum absolute atomic E-state index is 0.0181. The molecule has 0 fully saturated rings. The second-order valence-electron chi connectivity index (χ2n) is 5.36. The molecule has 2 N–H and O–H groups in total. The lowest BCUT2D eigenvalue weighted by atomic mass is 10.2. The fraction of sp³-hybridized carbons (Fsp3) is 0.176. The molecule has 0 heterocycles. The van der Waals surface area contributed by atoms with Crippen molar-refractivity contribution in [1.29, 1.82) is 5.26 Å². The maximum absolute atomic E-state index is 12.3. The fourth-order valence-corrected chi connectivity index (χ4v) is 3.18. The molecule has 2 aromatic rings. The smallest absolute Gasteiger partial charge is 0.406 e. The van der Waals surface area contributed by atoms with Crippen molar-refractivity contribution in [2.45, 2.75) is 17.7 Å². The van der Waals surface area contributed by atoms with Crippen LogP contribution in [0.2, 0.25) is 0 Å². The number of sulfonamides is 1. The summed E-state index contributed by atoms with van der Waals surface area (Å²) in [6, 6.07) is 11.5. The van der Waals surface area contributed by atoms with Crippen LogP contribution >= 0.6 is 0 Å². The van der Waals surface area contributed by atoms with E-state index >= 15 is 0 Å². The number of amides is 1. The number of carbonyl (C=O) groups excluding carboxylic acids is 1. The lowest BCUT2D eigenvalue weighted by Gasteiger charge is -2.11. The minimum Gasteiger partial charge on any atom is -0.406 e. The number of halogens is 3. The van der Waals surface area contributed by atoms with E-state index in [4.69, 9.17) is 5.26 Å². The highest BCUT2D eigenvalue weighted by molar-refractivity contribution is 7.89. The summed E-state index contributed by atoms with van der Waals surface area (Å²) in [5, 5.41) is 10.8. The molecule has 0 aromatic heterocycles. The fourth-order valence-electron chi connectivity index (χ4n) is 2.10. The zero-order valence-electron chi connectivity index (χ0n) is 14.2. The van der Waals surface area contributed by atoms with E-state index in [-0.39, 0.29) is 29.1 Å². The number of alkyl halides is 3. The monoisotopic (exact) mass is 413 g/mol. The SMILES string of the molecule is N#CCCNS(=O)(=O)c1cccc(C(=O)Nc2cccc(OC(F)(F)F)c2)c1. The highest BCUT2D eigenvalue weighted by atomic mass is 32.2. The maximum Gasteiger partial charge on any atom is 0.573 e. The van der Waals surface area contributed by atoms with Gasteiger partial charge in [-0.05, 0) is 30.3 Å². The predicted octanol–water partition coefficient (Wildman–Crippen LogP) is 3.03. The third-order valence-electron chi connectivity index (χ3n) is 3.26. The molecule has 148 valence electrons. The summed E-state index contributed by atoms with van der Waals surface area (Å²) in [5.41, 5.74) is 0.0115. The molecule has 0 spiro atoms.